The van der Waals surface area contributed by atoms with E-state index in [1.54, 1.807) is 0 Å². The zero-order valence-electron chi connectivity index (χ0n) is 23.6. The normalized spacial score (nSPS) is 16.6. The van der Waals surface area contributed by atoms with Crippen LogP contribution in [0, 0.1) is 0 Å². The van der Waals surface area contributed by atoms with E-state index in [1.807, 2.05) is 12.1 Å². The monoisotopic (exact) mass is 551 g/mol. The van der Waals surface area contributed by atoms with E-state index < -0.39 is 0 Å². The summed E-state index contributed by atoms with van der Waals surface area (Å²) >= 11 is 0. The van der Waals surface area contributed by atoms with Crippen LogP contribution >= 0.6 is 0 Å². The first-order chi connectivity index (χ1) is 21.3. The second kappa shape index (κ2) is 10.7. The van der Waals surface area contributed by atoms with Crippen LogP contribution in [0.1, 0.15) is 11.5 Å². The van der Waals surface area contributed by atoms with E-state index in [2.05, 4.69) is 157 Å². The molecule has 6 aromatic rings. The SMILES string of the molecule is C1=CC2c3ccccc3N(c3ccc(-c4nc(-c5ccccc5)cc(-c5cccc(-c6ccccc6)c5)n4)cc3)C2C=C1. The molecule has 0 N–H and O–H groups in total. The quantitative estimate of drug-likeness (QED) is 0.213. The van der Waals surface area contributed by atoms with Crippen molar-refractivity contribution in [2.24, 2.45) is 0 Å². The summed E-state index contributed by atoms with van der Waals surface area (Å²) in [4.78, 5) is 12.6. The largest absolute Gasteiger partial charge is 0.333 e. The molecule has 0 bridgehead atoms. The minimum Gasteiger partial charge on any atom is -0.333 e. The summed E-state index contributed by atoms with van der Waals surface area (Å²) in [5.74, 6) is 1.08. The van der Waals surface area contributed by atoms with Gasteiger partial charge in [-0.15, -0.1) is 0 Å². The Morgan fingerprint density at radius 2 is 1.09 bits per heavy atom. The summed E-state index contributed by atoms with van der Waals surface area (Å²) in [6.07, 6.45) is 8.94. The Morgan fingerprint density at radius 1 is 0.465 bits per heavy atom. The Bertz CT molecular complexity index is 1980. The van der Waals surface area contributed by atoms with Crippen LogP contribution in [0.5, 0.6) is 0 Å². The predicted octanol–water partition coefficient (Wildman–Crippen LogP) is 9.87. The van der Waals surface area contributed by atoms with Crippen LogP contribution < -0.4 is 4.90 Å². The van der Waals surface area contributed by atoms with Crippen molar-refractivity contribution in [1.82, 2.24) is 9.97 Å². The molecule has 0 fully saturated rings. The van der Waals surface area contributed by atoms with Gasteiger partial charge in [0.15, 0.2) is 5.82 Å². The molecule has 1 aromatic heterocycles. The molecule has 3 nitrogen and oxygen atoms in total. The fourth-order valence-electron chi connectivity index (χ4n) is 6.33. The van der Waals surface area contributed by atoms with E-state index in [0.717, 1.165) is 28.1 Å². The van der Waals surface area contributed by atoms with Gasteiger partial charge in [0.2, 0.25) is 0 Å². The topological polar surface area (TPSA) is 29.0 Å². The van der Waals surface area contributed by atoms with Crippen molar-refractivity contribution in [2.45, 2.75) is 12.0 Å². The molecule has 2 aliphatic rings. The Labute approximate surface area is 252 Å². The molecule has 2 atom stereocenters. The number of anilines is 2. The molecule has 0 saturated heterocycles. The van der Waals surface area contributed by atoms with Crippen LogP contribution in [0.25, 0.3) is 45.0 Å². The van der Waals surface area contributed by atoms with Crippen molar-refractivity contribution < 1.29 is 0 Å². The van der Waals surface area contributed by atoms with Gasteiger partial charge in [-0.25, -0.2) is 9.97 Å². The summed E-state index contributed by atoms with van der Waals surface area (Å²) in [6, 6.07) is 49.3. The van der Waals surface area contributed by atoms with Crippen LogP contribution in [0.4, 0.5) is 11.4 Å². The smallest absolute Gasteiger partial charge is 0.160 e. The molecule has 0 radical (unpaired) electrons. The fourth-order valence-corrected chi connectivity index (χ4v) is 6.33. The first-order valence-electron chi connectivity index (χ1n) is 14.8. The lowest BCUT2D eigenvalue weighted by atomic mass is 9.91. The first kappa shape index (κ1) is 25.2. The van der Waals surface area contributed by atoms with Gasteiger partial charge >= 0.3 is 0 Å². The van der Waals surface area contributed by atoms with Crippen molar-refractivity contribution in [3.8, 4) is 45.0 Å². The molecular weight excluding hydrogens is 522 g/mol. The molecule has 1 aliphatic carbocycles. The molecule has 1 aliphatic heterocycles. The van der Waals surface area contributed by atoms with Crippen molar-refractivity contribution in [3.63, 3.8) is 0 Å². The van der Waals surface area contributed by atoms with Crippen LogP contribution in [-0.4, -0.2) is 16.0 Å². The number of rotatable bonds is 5. The standard InChI is InChI=1S/C40H29N3/c1-3-12-28(13-4-1)31-16-11-17-32(26-31)37-27-36(29-14-5-2-6-15-29)41-40(42-37)30-22-24-33(25-23-30)43-38-20-9-7-18-34(38)35-19-8-10-21-39(35)43/h1-27,34,38H. The molecule has 5 aromatic carbocycles. The van der Waals surface area contributed by atoms with E-state index in [4.69, 9.17) is 9.97 Å². The predicted molar refractivity (Wildman–Crippen MR) is 177 cm³/mol. The summed E-state index contributed by atoms with van der Waals surface area (Å²) in [5.41, 5.74) is 11.1. The lowest BCUT2D eigenvalue weighted by Crippen LogP contribution is -2.28. The molecule has 204 valence electrons. The van der Waals surface area contributed by atoms with Crippen molar-refractivity contribution in [2.75, 3.05) is 4.90 Å². The van der Waals surface area contributed by atoms with Crippen molar-refractivity contribution >= 4 is 11.4 Å². The maximum Gasteiger partial charge on any atom is 0.160 e. The molecule has 0 spiro atoms. The third kappa shape index (κ3) is 4.65. The molecule has 3 heteroatoms. The van der Waals surface area contributed by atoms with Crippen molar-refractivity contribution in [3.05, 3.63) is 169 Å². The van der Waals surface area contributed by atoms with E-state index in [1.165, 1.54) is 28.1 Å². The van der Waals surface area contributed by atoms with Gasteiger partial charge in [0, 0.05) is 34.0 Å². The number of nitrogens with zero attached hydrogens (tertiary/aromatic N) is 3. The number of benzene rings is 5. The van der Waals surface area contributed by atoms with Gasteiger partial charge in [-0.2, -0.15) is 0 Å². The van der Waals surface area contributed by atoms with E-state index >= 15 is 0 Å². The highest BCUT2D eigenvalue weighted by Gasteiger charge is 2.36. The number of aromatic nitrogens is 2. The van der Waals surface area contributed by atoms with Crippen molar-refractivity contribution in [1.29, 1.82) is 0 Å². The Hall–Kier alpha value is -5.54. The minimum absolute atomic E-state index is 0.273. The molecule has 43 heavy (non-hydrogen) atoms. The minimum atomic E-state index is 0.273. The molecule has 2 unspecified atom stereocenters. The van der Waals surface area contributed by atoms with Gasteiger partial charge in [0.1, 0.15) is 0 Å². The summed E-state index contributed by atoms with van der Waals surface area (Å²) in [6.45, 7) is 0. The van der Waals surface area contributed by atoms with E-state index in [9.17, 15) is 0 Å². The van der Waals surface area contributed by atoms with Gasteiger partial charge in [-0.3, -0.25) is 0 Å². The number of allylic oxidation sites excluding steroid dienone is 2. The number of hydrogen-bond donors (Lipinski definition) is 0. The Balaban J connectivity index is 1.20. The highest BCUT2D eigenvalue weighted by atomic mass is 15.2. The van der Waals surface area contributed by atoms with E-state index in [0.29, 0.717) is 11.7 Å². The Kier molecular flexibility index (Phi) is 6.27. The average molecular weight is 552 g/mol. The maximum atomic E-state index is 5.12. The van der Waals surface area contributed by atoms with Gasteiger partial charge < -0.3 is 4.90 Å². The number of para-hydroxylation sites is 1. The zero-order chi connectivity index (χ0) is 28.6. The zero-order valence-corrected chi connectivity index (χ0v) is 23.6. The molecule has 0 amide bonds. The number of hydrogen-bond acceptors (Lipinski definition) is 3. The number of fused-ring (bicyclic) bond motifs is 3. The Morgan fingerprint density at radius 3 is 1.88 bits per heavy atom. The highest BCUT2D eigenvalue weighted by molar-refractivity contribution is 5.78. The highest BCUT2D eigenvalue weighted by Crippen LogP contribution is 2.47. The van der Waals surface area contributed by atoms with Crippen LogP contribution in [0.15, 0.2) is 164 Å². The van der Waals surface area contributed by atoms with Crippen LogP contribution in [-0.2, 0) is 0 Å². The van der Waals surface area contributed by atoms with E-state index in [-0.39, 0.29) is 6.04 Å². The third-order valence-electron chi connectivity index (χ3n) is 8.42. The summed E-state index contributed by atoms with van der Waals surface area (Å²) < 4.78 is 0. The summed E-state index contributed by atoms with van der Waals surface area (Å²) in [7, 11) is 0. The third-order valence-corrected chi connectivity index (χ3v) is 8.42. The fraction of sp³-hybridized carbons (Fsp3) is 0.0500. The average Bonchev–Trinajstić information content (AvgIpc) is 3.43. The lowest BCUT2D eigenvalue weighted by molar-refractivity contribution is 0.745. The molecular formula is C40H29N3. The maximum absolute atomic E-state index is 5.12. The lowest BCUT2D eigenvalue weighted by Gasteiger charge is -2.28. The van der Waals surface area contributed by atoms with Gasteiger partial charge in [-0.1, -0.05) is 121 Å². The summed E-state index contributed by atoms with van der Waals surface area (Å²) in [5, 5.41) is 0. The van der Waals surface area contributed by atoms with Crippen LogP contribution in [0.2, 0.25) is 0 Å². The van der Waals surface area contributed by atoms with Gasteiger partial charge in [-0.05, 0) is 59.2 Å². The molecule has 8 rings (SSSR count). The molecule has 2 heterocycles. The second-order valence-corrected chi connectivity index (χ2v) is 11.0. The van der Waals surface area contributed by atoms with Crippen LogP contribution in [0.3, 0.4) is 0 Å². The first-order valence-corrected chi connectivity index (χ1v) is 14.8. The molecule has 0 saturated carbocycles. The van der Waals surface area contributed by atoms with Gasteiger partial charge in [0.05, 0.1) is 17.4 Å². The van der Waals surface area contributed by atoms with Gasteiger partial charge in [0.25, 0.3) is 0 Å². The second-order valence-electron chi connectivity index (χ2n) is 11.0.